The number of hydrogen-bond acceptors (Lipinski definition) is 3. The Morgan fingerprint density at radius 3 is 2.53 bits per heavy atom. The van der Waals surface area contributed by atoms with Gasteiger partial charge in [-0.15, -0.1) is 0 Å². The van der Waals surface area contributed by atoms with Crippen LogP contribution in [-0.4, -0.2) is 47.7 Å². The largest absolute Gasteiger partial charge is 0.480 e. The monoisotopic (exact) mass is 214 g/mol. The summed E-state index contributed by atoms with van der Waals surface area (Å²) in [6, 6.07) is 0.516. The fraction of sp³-hybridized carbons (Fsp3) is 0.909. The van der Waals surface area contributed by atoms with E-state index in [0.717, 1.165) is 6.54 Å². The molecule has 88 valence electrons. The summed E-state index contributed by atoms with van der Waals surface area (Å²) in [6.07, 6.45) is 3.22. The van der Waals surface area contributed by atoms with Crippen LogP contribution < -0.4 is 5.32 Å². The Morgan fingerprint density at radius 1 is 1.53 bits per heavy atom. The highest BCUT2D eigenvalue weighted by molar-refractivity contribution is 5.73. The van der Waals surface area contributed by atoms with Gasteiger partial charge in [0.05, 0.1) is 0 Å². The first-order valence-electron chi connectivity index (χ1n) is 5.69. The lowest BCUT2D eigenvalue weighted by Gasteiger charge is -2.21. The van der Waals surface area contributed by atoms with Gasteiger partial charge in [-0.3, -0.25) is 4.79 Å². The van der Waals surface area contributed by atoms with Crippen LogP contribution in [0.25, 0.3) is 0 Å². The molecule has 0 aromatic carbocycles. The molecular formula is C11H22N2O2. The molecule has 1 unspecified atom stereocenters. The second-order valence-corrected chi connectivity index (χ2v) is 4.71. The average Bonchev–Trinajstić information content (AvgIpc) is 2.93. The van der Waals surface area contributed by atoms with E-state index in [9.17, 15) is 4.79 Å². The van der Waals surface area contributed by atoms with Gasteiger partial charge in [-0.1, -0.05) is 13.8 Å². The third-order valence-electron chi connectivity index (χ3n) is 2.77. The quantitative estimate of drug-likeness (QED) is 0.662. The van der Waals surface area contributed by atoms with Crippen LogP contribution in [0.2, 0.25) is 0 Å². The molecule has 0 amide bonds. The molecule has 1 aliphatic carbocycles. The van der Waals surface area contributed by atoms with Crippen molar-refractivity contribution in [3.05, 3.63) is 0 Å². The van der Waals surface area contributed by atoms with E-state index < -0.39 is 12.0 Å². The van der Waals surface area contributed by atoms with Crippen LogP contribution in [0.4, 0.5) is 0 Å². The lowest BCUT2D eigenvalue weighted by molar-refractivity contribution is -0.139. The highest BCUT2D eigenvalue weighted by Crippen LogP contribution is 2.25. The normalized spacial score (nSPS) is 18.5. The zero-order valence-electron chi connectivity index (χ0n) is 9.86. The van der Waals surface area contributed by atoms with E-state index >= 15 is 0 Å². The molecule has 1 rings (SSSR count). The highest BCUT2D eigenvalue weighted by Gasteiger charge is 2.27. The molecule has 1 fully saturated rings. The van der Waals surface area contributed by atoms with E-state index in [4.69, 9.17) is 5.11 Å². The van der Waals surface area contributed by atoms with Crippen molar-refractivity contribution in [2.45, 2.75) is 51.2 Å². The lowest BCUT2D eigenvalue weighted by Crippen LogP contribution is -2.43. The Morgan fingerprint density at radius 2 is 2.13 bits per heavy atom. The van der Waals surface area contributed by atoms with Crippen LogP contribution in [0.1, 0.15) is 33.1 Å². The first-order chi connectivity index (χ1) is 7.00. The van der Waals surface area contributed by atoms with Crippen LogP contribution in [0.3, 0.4) is 0 Å². The van der Waals surface area contributed by atoms with Crippen molar-refractivity contribution in [2.24, 2.45) is 0 Å². The van der Waals surface area contributed by atoms with Gasteiger partial charge in [0.2, 0.25) is 0 Å². The summed E-state index contributed by atoms with van der Waals surface area (Å²) in [4.78, 5) is 13.2. The summed E-state index contributed by atoms with van der Waals surface area (Å²) in [7, 11) is 2.08. The van der Waals surface area contributed by atoms with Crippen molar-refractivity contribution in [3.8, 4) is 0 Å². The van der Waals surface area contributed by atoms with Gasteiger partial charge < -0.3 is 15.3 Å². The number of carbonyl (C=O) groups is 1. The van der Waals surface area contributed by atoms with Gasteiger partial charge in [0.25, 0.3) is 0 Å². The standard InChI is InChI=1S/C11H22N2O2/c1-8(2)12-10(11(14)15)6-7-13(3)9-4-5-9/h8-10,12H,4-7H2,1-3H3,(H,14,15). The zero-order valence-corrected chi connectivity index (χ0v) is 9.86. The number of nitrogens with one attached hydrogen (secondary N) is 1. The van der Waals surface area contributed by atoms with E-state index in [1.165, 1.54) is 12.8 Å². The van der Waals surface area contributed by atoms with Crippen LogP contribution in [0.15, 0.2) is 0 Å². The van der Waals surface area contributed by atoms with Gasteiger partial charge in [0, 0.05) is 18.6 Å². The maximum absolute atomic E-state index is 11.0. The van der Waals surface area contributed by atoms with Crippen molar-refractivity contribution in [3.63, 3.8) is 0 Å². The lowest BCUT2D eigenvalue weighted by atomic mass is 10.2. The molecule has 4 heteroatoms. The topological polar surface area (TPSA) is 52.6 Å². The summed E-state index contributed by atoms with van der Waals surface area (Å²) < 4.78 is 0. The molecule has 0 heterocycles. The van der Waals surface area contributed by atoms with Gasteiger partial charge in [-0.05, 0) is 26.3 Å². The average molecular weight is 214 g/mol. The second-order valence-electron chi connectivity index (χ2n) is 4.71. The maximum Gasteiger partial charge on any atom is 0.320 e. The molecule has 0 aromatic rings. The van der Waals surface area contributed by atoms with Crippen molar-refractivity contribution in [2.75, 3.05) is 13.6 Å². The van der Waals surface area contributed by atoms with E-state index in [1.54, 1.807) is 0 Å². The Hall–Kier alpha value is -0.610. The highest BCUT2D eigenvalue weighted by atomic mass is 16.4. The molecule has 0 bridgehead atoms. The van der Waals surface area contributed by atoms with Crippen LogP contribution in [0.5, 0.6) is 0 Å². The number of carboxylic acid groups (broad SMARTS) is 1. The summed E-state index contributed by atoms with van der Waals surface area (Å²) >= 11 is 0. The molecule has 1 saturated carbocycles. The first kappa shape index (κ1) is 12.5. The van der Waals surface area contributed by atoms with Gasteiger partial charge >= 0.3 is 5.97 Å². The number of hydrogen-bond donors (Lipinski definition) is 2. The zero-order chi connectivity index (χ0) is 11.4. The fourth-order valence-electron chi connectivity index (χ4n) is 1.71. The second kappa shape index (κ2) is 5.47. The molecule has 1 atom stereocenters. The minimum absolute atomic E-state index is 0.220. The van der Waals surface area contributed by atoms with Gasteiger partial charge in [-0.25, -0.2) is 0 Å². The van der Waals surface area contributed by atoms with E-state index in [0.29, 0.717) is 12.5 Å². The van der Waals surface area contributed by atoms with E-state index in [-0.39, 0.29) is 6.04 Å². The van der Waals surface area contributed by atoms with Gasteiger partial charge in [0.1, 0.15) is 6.04 Å². The number of carboxylic acids is 1. The van der Waals surface area contributed by atoms with E-state index in [1.807, 2.05) is 13.8 Å². The van der Waals surface area contributed by atoms with Crippen molar-refractivity contribution < 1.29 is 9.90 Å². The molecule has 2 N–H and O–H groups in total. The van der Waals surface area contributed by atoms with Gasteiger partial charge in [-0.2, -0.15) is 0 Å². The number of aliphatic carboxylic acids is 1. The third-order valence-corrected chi connectivity index (χ3v) is 2.77. The summed E-state index contributed by atoms with van der Waals surface area (Å²) in [5.74, 6) is -0.743. The molecule has 0 saturated heterocycles. The Kier molecular flexibility index (Phi) is 4.54. The van der Waals surface area contributed by atoms with Crippen LogP contribution in [0, 0.1) is 0 Å². The van der Waals surface area contributed by atoms with Crippen molar-refractivity contribution in [1.82, 2.24) is 10.2 Å². The molecule has 0 aliphatic heterocycles. The van der Waals surface area contributed by atoms with E-state index in [2.05, 4.69) is 17.3 Å². The first-order valence-corrected chi connectivity index (χ1v) is 5.69. The molecular weight excluding hydrogens is 192 g/mol. The van der Waals surface area contributed by atoms with Gasteiger partial charge in [0.15, 0.2) is 0 Å². The Bertz CT molecular complexity index is 215. The Balaban J connectivity index is 2.26. The summed E-state index contributed by atoms with van der Waals surface area (Å²) in [6.45, 7) is 4.81. The molecule has 1 aliphatic rings. The molecule has 0 aromatic heterocycles. The SMILES string of the molecule is CC(C)NC(CCN(C)C1CC1)C(=O)O. The predicted molar refractivity (Wildman–Crippen MR) is 60.0 cm³/mol. The van der Waals surface area contributed by atoms with Crippen LogP contribution >= 0.6 is 0 Å². The van der Waals surface area contributed by atoms with Crippen molar-refractivity contribution >= 4 is 5.97 Å². The molecule has 0 radical (unpaired) electrons. The molecule has 4 nitrogen and oxygen atoms in total. The minimum atomic E-state index is -0.743. The molecule has 0 spiro atoms. The number of nitrogens with zero attached hydrogens (tertiary/aromatic N) is 1. The minimum Gasteiger partial charge on any atom is -0.480 e. The Labute approximate surface area is 91.6 Å². The number of rotatable bonds is 7. The van der Waals surface area contributed by atoms with Crippen molar-refractivity contribution in [1.29, 1.82) is 0 Å². The fourth-order valence-corrected chi connectivity index (χ4v) is 1.71. The third kappa shape index (κ3) is 4.62. The predicted octanol–water partition coefficient (Wildman–Crippen LogP) is 0.922. The van der Waals surface area contributed by atoms with Crippen LogP contribution in [-0.2, 0) is 4.79 Å². The smallest absolute Gasteiger partial charge is 0.320 e. The maximum atomic E-state index is 11.0. The summed E-state index contributed by atoms with van der Waals surface area (Å²) in [5.41, 5.74) is 0. The summed E-state index contributed by atoms with van der Waals surface area (Å²) in [5, 5.41) is 12.1. The molecule has 15 heavy (non-hydrogen) atoms.